The summed E-state index contributed by atoms with van der Waals surface area (Å²) in [6.07, 6.45) is 0. The molecular weight excluding hydrogens is 256 g/mol. The van der Waals surface area contributed by atoms with Crippen LogP contribution in [0, 0.1) is 0 Å². The lowest BCUT2D eigenvalue weighted by Gasteiger charge is -2.51. The fourth-order valence-corrected chi connectivity index (χ4v) is 5.95. The zero-order valence-corrected chi connectivity index (χ0v) is 16.4. The van der Waals surface area contributed by atoms with Crippen molar-refractivity contribution < 1.29 is 9.53 Å². The molecule has 0 aliphatic carbocycles. The van der Waals surface area contributed by atoms with Gasteiger partial charge in [-0.1, -0.05) is 54.6 Å². The molecule has 0 aliphatic heterocycles. The smallest absolute Gasteiger partial charge is 0.195 e. The molecule has 0 radical (unpaired) electrons. The molecule has 18 heavy (non-hydrogen) atoms. The molecule has 0 fully saturated rings. The van der Waals surface area contributed by atoms with Crippen molar-refractivity contribution in [2.45, 2.75) is 90.1 Å². The Morgan fingerprint density at radius 3 is 1.28 bits per heavy atom. The van der Waals surface area contributed by atoms with Crippen LogP contribution < -0.4 is 0 Å². The Hall–Kier alpha value is 0.354. The number of hydrogen-bond donors (Lipinski definition) is 1. The van der Waals surface area contributed by atoms with Crippen LogP contribution in [-0.4, -0.2) is 26.9 Å². The van der Waals surface area contributed by atoms with E-state index in [0.29, 0.717) is 0 Å². The first kappa shape index (κ1) is 18.4. The maximum Gasteiger partial charge on any atom is 0.195 e. The first-order chi connectivity index (χ1) is 7.46. The van der Waals surface area contributed by atoms with Gasteiger partial charge in [0.15, 0.2) is 8.32 Å². The van der Waals surface area contributed by atoms with Crippen LogP contribution in [-0.2, 0) is 4.43 Å². The molecule has 0 saturated heterocycles. The van der Waals surface area contributed by atoms with E-state index in [9.17, 15) is 5.11 Å². The molecule has 1 N–H and O–H groups in total. The highest BCUT2D eigenvalue weighted by molar-refractivity contribution is 6.84. The van der Waals surface area contributed by atoms with Crippen molar-refractivity contribution >= 4 is 16.4 Å². The fraction of sp³-hybridized carbons (Fsp3) is 1.00. The summed E-state index contributed by atoms with van der Waals surface area (Å²) in [7, 11) is -3.90. The van der Waals surface area contributed by atoms with Crippen LogP contribution in [0.4, 0.5) is 0 Å². The second-order valence-electron chi connectivity index (χ2n) is 8.72. The van der Waals surface area contributed by atoms with E-state index >= 15 is 0 Å². The minimum atomic E-state index is -1.95. The highest BCUT2D eigenvalue weighted by Gasteiger charge is 2.54. The van der Waals surface area contributed by atoms with E-state index in [0.717, 1.165) is 0 Å². The van der Waals surface area contributed by atoms with Crippen LogP contribution >= 0.6 is 0 Å². The molecule has 110 valence electrons. The van der Waals surface area contributed by atoms with E-state index in [2.05, 4.69) is 67.7 Å². The Morgan fingerprint density at radius 1 is 0.722 bits per heavy atom. The van der Waals surface area contributed by atoms with Gasteiger partial charge in [-0.05, 0) is 30.1 Å². The predicted octanol–water partition coefficient (Wildman–Crippen LogP) is 4.76. The third-order valence-electron chi connectivity index (χ3n) is 5.29. The van der Waals surface area contributed by atoms with Gasteiger partial charge in [-0.25, -0.2) is 0 Å². The van der Waals surface area contributed by atoms with Gasteiger partial charge in [0, 0.05) is 0 Å². The van der Waals surface area contributed by atoms with E-state index in [1.165, 1.54) is 0 Å². The standard InChI is InChI=1S/C14H34O2Si2/c1-12(2,3)17(8,9)14(7,15)16-18(10,11)13(4,5)6/h15H,1-11H3. The van der Waals surface area contributed by atoms with Crippen LogP contribution in [0.25, 0.3) is 0 Å². The minimum absolute atomic E-state index is 0.110. The maximum atomic E-state index is 11.0. The van der Waals surface area contributed by atoms with Crippen LogP contribution in [0.5, 0.6) is 0 Å². The Kier molecular flexibility index (Phi) is 4.81. The summed E-state index contributed by atoms with van der Waals surface area (Å²) < 4.78 is 6.34. The van der Waals surface area contributed by atoms with Gasteiger partial charge in [0.25, 0.3) is 0 Å². The normalized spacial score (nSPS) is 18.7. The average molecular weight is 291 g/mol. The van der Waals surface area contributed by atoms with Crippen molar-refractivity contribution in [3.8, 4) is 0 Å². The third kappa shape index (κ3) is 3.47. The van der Waals surface area contributed by atoms with E-state index in [-0.39, 0.29) is 10.1 Å². The molecule has 0 aromatic rings. The summed E-state index contributed by atoms with van der Waals surface area (Å²) >= 11 is 0. The molecule has 1 unspecified atom stereocenters. The van der Waals surface area contributed by atoms with Crippen LogP contribution in [0.2, 0.25) is 36.3 Å². The van der Waals surface area contributed by atoms with Gasteiger partial charge >= 0.3 is 0 Å². The van der Waals surface area contributed by atoms with Crippen molar-refractivity contribution in [3.63, 3.8) is 0 Å². The van der Waals surface area contributed by atoms with E-state index in [1.54, 1.807) is 0 Å². The first-order valence-corrected chi connectivity index (χ1v) is 12.8. The molecule has 0 aromatic heterocycles. The molecule has 0 aromatic carbocycles. The van der Waals surface area contributed by atoms with Crippen molar-refractivity contribution in [2.75, 3.05) is 0 Å². The summed E-state index contributed by atoms with van der Waals surface area (Å²) in [4.78, 5) is 0. The second kappa shape index (κ2) is 4.72. The molecule has 2 nitrogen and oxygen atoms in total. The fourth-order valence-electron chi connectivity index (χ4n) is 1.47. The van der Waals surface area contributed by atoms with Crippen molar-refractivity contribution in [3.05, 3.63) is 0 Å². The van der Waals surface area contributed by atoms with Crippen LogP contribution in [0.1, 0.15) is 48.5 Å². The second-order valence-corrected chi connectivity index (χ2v) is 19.1. The molecule has 1 atom stereocenters. The van der Waals surface area contributed by atoms with Crippen molar-refractivity contribution in [1.29, 1.82) is 0 Å². The summed E-state index contributed by atoms with van der Waals surface area (Å²) in [6, 6.07) is 0. The Morgan fingerprint density at radius 2 is 1.06 bits per heavy atom. The van der Waals surface area contributed by atoms with Crippen molar-refractivity contribution in [1.82, 2.24) is 0 Å². The van der Waals surface area contributed by atoms with Crippen molar-refractivity contribution in [2.24, 2.45) is 0 Å². The highest BCUT2D eigenvalue weighted by atomic mass is 28.4. The summed E-state index contributed by atoms with van der Waals surface area (Å²) in [5, 5.41) is 11.2. The number of hydrogen-bond acceptors (Lipinski definition) is 2. The third-order valence-corrected chi connectivity index (χ3v) is 16.2. The van der Waals surface area contributed by atoms with Crippen LogP contribution in [0.3, 0.4) is 0 Å². The first-order valence-electron chi connectivity index (χ1n) is 6.88. The Labute approximate surface area is 116 Å². The van der Waals surface area contributed by atoms with Crippen LogP contribution in [0.15, 0.2) is 0 Å². The van der Waals surface area contributed by atoms with Gasteiger partial charge in [-0.3, -0.25) is 0 Å². The quantitative estimate of drug-likeness (QED) is 0.599. The molecule has 0 aliphatic rings. The molecule has 0 saturated carbocycles. The molecule has 0 bridgehead atoms. The average Bonchev–Trinajstić information content (AvgIpc) is 1.96. The molecule has 0 amide bonds. The summed E-state index contributed by atoms with van der Waals surface area (Å²) in [6.45, 7) is 24.0. The van der Waals surface area contributed by atoms with Gasteiger partial charge in [-0.15, -0.1) is 0 Å². The monoisotopic (exact) mass is 290 g/mol. The SMILES string of the molecule is CC(C)(C)[Si](C)(C)OC(C)(O)[Si](C)(C)C(C)(C)C. The number of aliphatic hydroxyl groups is 1. The summed E-state index contributed by atoms with van der Waals surface area (Å²) in [5.41, 5.74) is -0.978. The lowest BCUT2D eigenvalue weighted by Crippen LogP contribution is -2.64. The molecule has 0 spiro atoms. The predicted molar refractivity (Wildman–Crippen MR) is 86.1 cm³/mol. The lowest BCUT2D eigenvalue weighted by atomic mass is 10.2. The van der Waals surface area contributed by atoms with E-state index in [4.69, 9.17) is 4.43 Å². The largest absolute Gasteiger partial charge is 0.393 e. The van der Waals surface area contributed by atoms with Gasteiger partial charge < -0.3 is 9.53 Å². The molecule has 0 rings (SSSR count). The molecule has 4 heteroatoms. The van der Waals surface area contributed by atoms with E-state index in [1.807, 2.05) is 6.92 Å². The Balaban J connectivity index is 5.33. The van der Waals surface area contributed by atoms with Gasteiger partial charge in [0.1, 0.15) is 13.5 Å². The number of rotatable bonds is 3. The molecular formula is C14H34O2Si2. The van der Waals surface area contributed by atoms with Gasteiger partial charge in [0.2, 0.25) is 0 Å². The van der Waals surface area contributed by atoms with E-state index < -0.39 is 21.8 Å². The van der Waals surface area contributed by atoms with Gasteiger partial charge in [0.05, 0.1) is 0 Å². The molecule has 0 heterocycles. The zero-order chi connectivity index (χ0) is 15.2. The minimum Gasteiger partial charge on any atom is -0.393 e. The van der Waals surface area contributed by atoms with Gasteiger partial charge in [-0.2, -0.15) is 0 Å². The Bertz CT molecular complexity index is 294. The highest BCUT2D eigenvalue weighted by Crippen LogP contribution is 2.47. The maximum absolute atomic E-state index is 11.0. The summed E-state index contributed by atoms with van der Waals surface area (Å²) in [5.74, 6) is 0. The zero-order valence-electron chi connectivity index (χ0n) is 14.4. The topological polar surface area (TPSA) is 29.5 Å². The lowest BCUT2D eigenvalue weighted by molar-refractivity contribution is -0.0696.